The van der Waals surface area contributed by atoms with Gasteiger partial charge in [0.15, 0.2) is 0 Å². The summed E-state index contributed by atoms with van der Waals surface area (Å²) in [5.74, 6) is 0. The lowest BCUT2D eigenvalue weighted by atomic mass is 10.1. The number of hydrogen-bond donors (Lipinski definition) is 1. The fraction of sp³-hybridized carbons (Fsp3) is 0.688. The fourth-order valence-corrected chi connectivity index (χ4v) is 2.90. The zero-order valence-corrected chi connectivity index (χ0v) is 12.5. The van der Waals surface area contributed by atoms with Gasteiger partial charge >= 0.3 is 0 Å². The molecule has 0 aliphatic carbocycles. The van der Waals surface area contributed by atoms with E-state index in [0.29, 0.717) is 18.1 Å². The maximum atomic E-state index is 4.08. The molecule has 1 aromatic heterocycles. The standard InChI is InChI=1S/C16H27N3/c1-13(2)19-11-4-5-16(8-12-19)18-14(3)15-6-9-17-10-7-15/h6-7,9-10,13-14,16,18H,4-5,8,11-12H2,1-3H3/t14-,16?/m0/s1. The lowest BCUT2D eigenvalue weighted by Crippen LogP contribution is -2.34. The van der Waals surface area contributed by atoms with Crippen molar-refractivity contribution in [3.05, 3.63) is 30.1 Å². The van der Waals surface area contributed by atoms with E-state index in [2.05, 4.69) is 48.1 Å². The Labute approximate surface area is 117 Å². The Morgan fingerprint density at radius 1 is 1.16 bits per heavy atom. The number of likely N-dealkylation sites (tertiary alicyclic amines) is 1. The Morgan fingerprint density at radius 3 is 2.58 bits per heavy atom. The van der Waals surface area contributed by atoms with E-state index in [1.54, 1.807) is 0 Å². The molecule has 0 aromatic carbocycles. The highest BCUT2D eigenvalue weighted by Crippen LogP contribution is 2.18. The fourth-order valence-electron chi connectivity index (χ4n) is 2.90. The van der Waals surface area contributed by atoms with Crippen LogP contribution in [0.15, 0.2) is 24.5 Å². The first kappa shape index (κ1) is 14.5. The summed E-state index contributed by atoms with van der Waals surface area (Å²) in [5.41, 5.74) is 1.33. The van der Waals surface area contributed by atoms with E-state index in [0.717, 1.165) is 0 Å². The van der Waals surface area contributed by atoms with Gasteiger partial charge in [0.1, 0.15) is 0 Å². The Balaban J connectivity index is 1.86. The molecular formula is C16H27N3. The molecule has 2 atom stereocenters. The minimum absolute atomic E-state index is 0.415. The molecule has 0 bridgehead atoms. The minimum Gasteiger partial charge on any atom is -0.307 e. The summed E-state index contributed by atoms with van der Waals surface area (Å²) in [6.07, 6.45) is 7.60. The van der Waals surface area contributed by atoms with Crippen molar-refractivity contribution in [1.29, 1.82) is 0 Å². The Hall–Kier alpha value is -0.930. The Kier molecular flexibility index (Phi) is 5.34. The molecular weight excluding hydrogens is 234 g/mol. The van der Waals surface area contributed by atoms with Gasteiger partial charge in [-0.25, -0.2) is 0 Å². The first-order chi connectivity index (χ1) is 9.16. The van der Waals surface area contributed by atoms with E-state index < -0.39 is 0 Å². The van der Waals surface area contributed by atoms with Crippen molar-refractivity contribution < 1.29 is 0 Å². The highest BCUT2D eigenvalue weighted by Gasteiger charge is 2.20. The van der Waals surface area contributed by atoms with Gasteiger partial charge in [0.05, 0.1) is 0 Å². The topological polar surface area (TPSA) is 28.2 Å². The average Bonchev–Trinajstić information content (AvgIpc) is 2.65. The van der Waals surface area contributed by atoms with Gasteiger partial charge in [-0.05, 0) is 70.8 Å². The molecule has 1 aromatic rings. The van der Waals surface area contributed by atoms with Crippen LogP contribution < -0.4 is 5.32 Å². The van der Waals surface area contributed by atoms with Gasteiger partial charge in [-0.2, -0.15) is 0 Å². The van der Waals surface area contributed by atoms with Crippen LogP contribution in [0, 0.1) is 0 Å². The lowest BCUT2D eigenvalue weighted by Gasteiger charge is -2.25. The number of nitrogens with one attached hydrogen (secondary N) is 1. The van der Waals surface area contributed by atoms with Crippen LogP contribution in [0.3, 0.4) is 0 Å². The third kappa shape index (κ3) is 4.29. The molecule has 1 N–H and O–H groups in total. The summed E-state index contributed by atoms with van der Waals surface area (Å²) in [5, 5.41) is 3.78. The maximum Gasteiger partial charge on any atom is 0.0295 e. The van der Waals surface area contributed by atoms with Crippen molar-refractivity contribution in [1.82, 2.24) is 15.2 Å². The van der Waals surface area contributed by atoms with Crippen molar-refractivity contribution in [3.8, 4) is 0 Å². The highest BCUT2D eigenvalue weighted by atomic mass is 15.1. The van der Waals surface area contributed by atoms with Gasteiger partial charge in [-0.15, -0.1) is 0 Å². The van der Waals surface area contributed by atoms with Crippen molar-refractivity contribution in [2.75, 3.05) is 13.1 Å². The second kappa shape index (κ2) is 7.01. The smallest absolute Gasteiger partial charge is 0.0295 e. The van der Waals surface area contributed by atoms with E-state index >= 15 is 0 Å². The third-order valence-corrected chi connectivity index (χ3v) is 4.18. The van der Waals surface area contributed by atoms with E-state index in [-0.39, 0.29) is 0 Å². The number of hydrogen-bond acceptors (Lipinski definition) is 3. The molecule has 1 aliphatic heterocycles. The number of aromatic nitrogens is 1. The molecule has 1 fully saturated rings. The normalized spacial score (nSPS) is 23.3. The minimum atomic E-state index is 0.415. The van der Waals surface area contributed by atoms with Crippen molar-refractivity contribution in [2.24, 2.45) is 0 Å². The van der Waals surface area contributed by atoms with E-state index in [9.17, 15) is 0 Å². The van der Waals surface area contributed by atoms with Gasteiger partial charge in [0, 0.05) is 30.5 Å². The Morgan fingerprint density at radius 2 is 1.89 bits per heavy atom. The second-order valence-electron chi connectivity index (χ2n) is 5.93. The largest absolute Gasteiger partial charge is 0.307 e. The molecule has 1 aliphatic rings. The van der Waals surface area contributed by atoms with Crippen LogP contribution in [-0.2, 0) is 0 Å². The van der Waals surface area contributed by atoms with Crippen LogP contribution in [0.1, 0.15) is 51.6 Å². The monoisotopic (exact) mass is 261 g/mol. The van der Waals surface area contributed by atoms with E-state index in [4.69, 9.17) is 0 Å². The molecule has 0 saturated carbocycles. The van der Waals surface area contributed by atoms with Gasteiger partial charge in [-0.3, -0.25) is 4.98 Å². The van der Waals surface area contributed by atoms with Gasteiger partial charge < -0.3 is 10.2 Å². The van der Waals surface area contributed by atoms with Gasteiger partial charge in [0.25, 0.3) is 0 Å². The summed E-state index contributed by atoms with van der Waals surface area (Å²) < 4.78 is 0. The molecule has 1 unspecified atom stereocenters. The lowest BCUT2D eigenvalue weighted by molar-refractivity contribution is 0.228. The van der Waals surface area contributed by atoms with Crippen LogP contribution in [0.25, 0.3) is 0 Å². The quantitative estimate of drug-likeness (QED) is 0.903. The maximum absolute atomic E-state index is 4.08. The SMILES string of the molecule is CC(C)N1CCCC(N[C@@H](C)c2ccncc2)CC1. The predicted octanol–water partition coefficient (Wildman–Crippen LogP) is 3.00. The summed E-state index contributed by atoms with van der Waals surface area (Å²) in [6, 6.07) is 5.95. The number of nitrogens with zero attached hydrogens (tertiary/aromatic N) is 2. The molecule has 0 radical (unpaired) electrons. The van der Waals surface area contributed by atoms with Crippen molar-refractivity contribution >= 4 is 0 Å². The molecule has 1 saturated heterocycles. The third-order valence-electron chi connectivity index (χ3n) is 4.18. The van der Waals surface area contributed by atoms with Crippen molar-refractivity contribution in [3.63, 3.8) is 0 Å². The summed E-state index contributed by atoms with van der Waals surface area (Å²) in [4.78, 5) is 6.68. The molecule has 0 spiro atoms. The number of rotatable bonds is 4. The van der Waals surface area contributed by atoms with Crippen LogP contribution in [0.2, 0.25) is 0 Å². The average molecular weight is 261 g/mol. The molecule has 2 rings (SSSR count). The summed E-state index contributed by atoms with van der Waals surface area (Å²) in [6.45, 7) is 9.32. The molecule has 0 amide bonds. The number of pyridine rings is 1. The van der Waals surface area contributed by atoms with Crippen LogP contribution in [0.5, 0.6) is 0 Å². The molecule has 3 heteroatoms. The molecule has 2 heterocycles. The van der Waals surface area contributed by atoms with E-state index in [1.807, 2.05) is 12.4 Å². The zero-order chi connectivity index (χ0) is 13.7. The molecule has 3 nitrogen and oxygen atoms in total. The molecule has 106 valence electrons. The summed E-state index contributed by atoms with van der Waals surface area (Å²) in [7, 11) is 0. The summed E-state index contributed by atoms with van der Waals surface area (Å²) >= 11 is 0. The Bertz CT molecular complexity index is 364. The highest BCUT2D eigenvalue weighted by molar-refractivity contribution is 5.14. The second-order valence-corrected chi connectivity index (χ2v) is 5.93. The van der Waals surface area contributed by atoms with Crippen LogP contribution in [0.4, 0.5) is 0 Å². The van der Waals surface area contributed by atoms with Crippen LogP contribution in [-0.4, -0.2) is 35.1 Å². The van der Waals surface area contributed by atoms with E-state index in [1.165, 1.54) is 37.9 Å². The first-order valence-electron chi connectivity index (χ1n) is 7.57. The van der Waals surface area contributed by atoms with Crippen LogP contribution >= 0.6 is 0 Å². The molecule has 19 heavy (non-hydrogen) atoms. The zero-order valence-electron chi connectivity index (χ0n) is 12.5. The van der Waals surface area contributed by atoms with Gasteiger partial charge in [0.2, 0.25) is 0 Å². The first-order valence-corrected chi connectivity index (χ1v) is 7.57. The van der Waals surface area contributed by atoms with Crippen molar-refractivity contribution in [2.45, 2.75) is 58.2 Å². The predicted molar refractivity (Wildman–Crippen MR) is 80.1 cm³/mol. The van der Waals surface area contributed by atoms with Gasteiger partial charge in [-0.1, -0.05) is 0 Å².